The van der Waals surface area contributed by atoms with Gasteiger partial charge in [-0.15, -0.1) is 0 Å². The summed E-state index contributed by atoms with van der Waals surface area (Å²) in [6.45, 7) is 0. The number of thiol groups is 1. The van der Waals surface area contributed by atoms with E-state index in [9.17, 15) is 14.2 Å². The first kappa shape index (κ1) is 15.7. The molecule has 0 saturated heterocycles. The molecule has 0 aromatic heterocycles. The zero-order chi connectivity index (χ0) is 13.5. The van der Waals surface area contributed by atoms with Gasteiger partial charge in [0.1, 0.15) is 0 Å². The average molecular weight is 306 g/mol. The van der Waals surface area contributed by atoms with Crippen molar-refractivity contribution in [2.24, 2.45) is 5.92 Å². The van der Waals surface area contributed by atoms with Crippen LogP contribution in [0, 0.1) is 5.92 Å². The summed E-state index contributed by atoms with van der Waals surface area (Å²) in [6.07, 6.45) is 1.10. The van der Waals surface area contributed by atoms with Crippen molar-refractivity contribution in [3.05, 3.63) is 0 Å². The first-order valence-corrected chi connectivity index (χ1v) is 8.73. The zero-order valence-corrected chi connectivity index (χ0v) is 11.6. The number of aliphatic hydroxyl groups is 1. The Balaban J connectivity index is 2.94. The lowest BCUT2D eigenvalue weighted by Gasteiger charge is -2.31. The molecule has 0 aromatic carbocycles. The summed E-state index contributed by atoms with van der Waals surface area (Å²) < 4.78 is 22.2. The van der Waals surface area contributed by atoms with Gasteiger partial charge in [-0.2, -0.15) is 12.6 Å². The lowest BCUT2D eigenvalue weighted by molar-refractivity contribution is 0.107. The van der Waals surface area contributed by atoms with Crippen molar-refractivity contribution in [1.82, 2.24) is 0 Å². The molecule has 1 saturated carbocycles. The minimum atomic E-state index is -5.31. The van der Waals surface area contributed by atoms with E-state index in [0.717, 1.165) is 0 Å². The fraction of sp³-hybridized carbons (Fsp3) is 1.00. The van der Waals surface area contributed by atoms with E-state index < -0.39 is 26.7 Å². The van der Waals surface area contributed by atoms with Crippen molar-refractivity contribution < 1.29 is 33.8 Å². The molecule has 0 bridgehead atoms. The molecule has 1 fully saturated rings. The first-order chi connectivity index (χ1) is 7.47. The van der Waals surface area contributed by atoms with Crippen LogP contribution in [0.15, 0.2) is 0 Å². The van der Waals surface area contributed by atoms with Gasteiger partial charge in [0.25, 0.3) is 5.08 Å². The van der Waals surface area contributed by atoms with Crippen LogP contribution in [0.25, 0.3) is 0 Å². The van der Waals surface area contributed by atoms with Gasteiger partial charge in [0, 0.05) is 11.7 Å². The van der Waals surface area contributed by atoms with Crippen LogP contribution in [0.5, 0.6) is 0 Å². The van der Waals surface area contributed by atoms with E-state index in [-0.39, 0.29) is 11.2 Å². The van der Waals surface area contributed by atoms with E-state index in [1.807, 2.05) is 0 Å². The summed E-state index contributed by atoms with van der Waals surface area (Å²) in [5.74, 6) is -0.345. The molecule has 0 heterocycles. The molecule has 1 rings (SSSR count). The lowest BCUT2D eigenvalue weighted by atomic mass is 10.1. The summed E-state index contributed by atoms with van der Waals surface area (Å²) >= 11 is 4.18. The van der Waals surface area contributed by atoms with E-state index in [0.29, 0.717) is 19.3 Å². The normalized spacial score (nSPS) is 27.4. The molecule has 5 N–H and O–H groups in total. The van der Waals surface area contributed by atoms with E-state index in [2.05, 4.69) is 12.6 Å². The molecule has 2 unspecified atom stereocenters. The molecule has 10 heteroatoms. The van der Waals surface area contributed by atoms with Crippen LogP contribution in [0.1, 0.15) is 25.7 Å². The molecule has 1 aliphatic carbocycles. The second-order valence-corrected chi connectivity index (χ2v) is 9.14. The zero-order valence-electron chi connectivity index (χ0n) is 8.88. The van der Waals surface area contributed by atoms with Crippen LogP contribution in [-0.4, -0.2) is 35.0 Å². The van der Waals surface area contributed by atoms with Crippen molar-refractivity contribution in [3.63, 3.8) is 0 Å². The number of hydrogen-bond donors (Lipinski definition) is 6. The summed E-state index contributed by atoms with van der Waals surface area (Å²) in [4.78, 5) is 35.8. The molecule has 0 amide bonds. The fourth-order valence-electron chi connectivity index (χ4n) is 2.03. The Hall–Kier alpha value is 0.610. The monoisotopic (exact) mass is 306 g/mol. The predicted molar refractivity (Wildman–Crippen MR) is 63.8 cm³/mol. The number of rotatable bonds is 4. The highest BCUT2D eigenvalue weighted by molar-refractivity contribution is 7.81. The summed E-state index contributed by atoms with van der Waals surface area (Å²) in [5.41, 5.74) is 0. The van der Waals surface area contributed by atoms with Crippen LogP contribution in [-0.2, 0) is 9.13 Å². The highest BCUT2D eigenvalue weighted by Gasteiger charge is 2.60. The second kappa shape index (κ2) is 4.94. The Morgan fingerprint density at radius 3 is 1.88 bits per heavy atom. The van der Waals surface area contributed by atoms with Crippen molar-refractivity contribution in [3.8, 4) is 0 Å². The molecule has 7 nitrogen and oxygen atoms in total. The van der Waals surface area contributed by atoms with Gasteiger partial charge in [-0.05, 0) is 25.2 Å². The Morgan fingerprint density at radius 2 is 1.59 bits per heavy atom. The minimum Gasteiger partial charge on any atom is -0.368 e. The number of hydrogen-bond acceptors (Lipinski definition) is 4. The Labute approximate surface area is 104 Å². The van der Waals surface area contributed by atoms with Crippen LogP contribution >= 0.6 is 27.8 Å². The Morgan fingerprint density at radius 1 is 1.12 bits per heavy atom. The van der Waals surface area contributed by atoms with Gasteiger partial charge in [0.15, 0.2) is 0 Å². The quantitative estimate of drug-likeness (QED) is 0.328. The largest absolute Gasteiger partial charge is 0.369 e. The van der Waals surface area contributed by atoms with Crippen molar-refractivity contribution in [1.29, 1.82) is 0 Å². The average Bonchev–Trinajstić information content (AvgIpc) is 2.47. The highest BCUT2D eigenvalue weighted by atomic mass is 32.1. The molecular formula is C7H16O7P2S. The van der Waals surface area contributed by atoms with Crippen molar-refractivity contribution in [2.75, 3.05) is 0 Å². The molecule has 17 heavy (non-hydrogen) atoms. The van der Waals surface area contributed by atoms with Crippen LogP contribution in [0.3, 0.4) is 0 Å². The van der Waals surface area contributed by atoms with E-state index in [1.54, 1.807) is 0 Å². The van der Waals surface area contributed by atoms with Gasteiger partial charge < -0.3 is 24.7 Å². The molecule has 2 atom stereocenters. The molecule has 0 aromatic rings. The van der Waals surface area contributed by atoms with Gasteiger partial charge in [-0.3, -0.25) is 9.13 Å². The van der Waals surface area contributed by atoms with Gasteiger partial charge >= 0.3 is 15.2 Å². The van der Waals surface area contributed by atoms with Crippen molar-refractivity contribution in [2.45, 2.75) is 36.0 Å². The SMILES string of the molecule is O=P(O)(O)C(O)(CC1CCC(S)C1)P(=O)(O)O. The second-order valence-electron chi connectivity index (χ2n) is 4.40. The van der Waals surface area contributed by atoms with Gasteiger partial charge in [0.2, 0.25) is 0 Å². The van der Waals surface area contributed by atoms with E-state index >= 15 is 0 Å². The standard InChI is InChI=1S/C7H16O7P2S/c8-7(15(9,10)11,16(12,13)14)4-5-1-2-6(17)3-5/h5-6,8,17H,1-4H2,(H2,9,10,11)(H2,12,13,14). The molecular weight excluding hydrogens is 290 g/mol. The van der Waals surface area contributed by atoms with Crippen molar-refractivity contribution >= 4 is 27.8 Å². The van der Waals surface area contributed by atoms with E-state index in [1.165, 1.54) is 0 Å². The smallest absolute Gasteiger partial charge is 0.368 e. The molecule has 0 aliphatic heterocycles. The highest BCUT2D eigenvalue weighted by Crippen LogP contribution is 2.70. The van der Waals surface area contributed by atoms with E-state index in [4.69, 9.17) is 19.6 Å². The third kappa shape index (κ3) is 3.33. The van der Waals surface area contributed by atoms with Crippen LogP contribution in [0.4, 0.5) is 0 Å². The van der Waals surface area contributed by atoms with Crippen LogP contribution < -0.4 is 0 Å². The third-order valence-corrected chi connectivity index (χ3v) is 7.27. The van der Waals surface area contributed by atoms with Gasteiger partial charge in [0.05, 0.1) is 0 Å². The third-order valence-electron chi connectivity index (χ3n) is 3.01. The molecule has 1 aliphatic rings. The van der Waals surface area contributed by atoms with Gasteiger partial charge in [-0.25, -0.2) is 0 Å². The first-order valence-electron chi connectivity index (χ1n) is 4.99. The lowest BCUT2D eigenvalue weighted by Crippen LogP contribution is -2.31. The maximum absolute atomic E-state index is 11.1. The molecule has 102 valence electrons. The fourth-order valence-corrected chi connectivity index (χ4v) is 4.83. The topological polar surface area (TPSA) is 135 Å². The Kier molecular flexibility index (Phi) is 4.56. The minimum absolute atomic E-state index is 0.0396. The summed E-state index contributed by atoms with van der Waals surface area (Å²) in [7, 11) is -10.6. The summed E-state index contributed by atoms with van der Waals surface area (Å²) in [6, 6.07) is 0. The Bertz CT molecular complexity index is 352. The molecule has 0 radical (unpaired) electrons. The maximum atomic E-state index is 11.1. The molecule has 0 spiro atoms. The summed E-state index contributed by atoms with van der Waals surface area (Å²) in [5, 5.41) is 6.44. The maximum Gasteiger partial charge on any atom is 0.369 e. The van der Waals surface area contributed by atoms with Gasteiger partial charge in [-0.1, -0.05) is 0 Å². The predicted octanol–water partition coefficient (Wildman–Crippen LogP) is 0.476. The van der Waals surface area contributed by atoms with Crippen LogP contribution in [0.2, 0.25) is 0 Å².